The topological polar surface area (TPSA) is 149 Å². The molecule has 1 rings (SSSR count). The van der Waals surface area contributed by atoms with Gasteiger partial charge in [0.2, 0.25) is 5.91 Å². The summed E-state index contributed by atoms with van der Waals surface area (Å²) in [6.45, 7) is 3.84. The zero-order chi connectivity index (χ0) is 60.7. The van der Waals surface area contributed by atoms with Crippen molar-refractivity contribution in [2.45, 2.75) is 436 Å². The van der Waals surface area contributed by atoms with Gasteiger partial charge in [-0.25, -0.2) is 0 Å². The van der Waals surface area contributed by atoms with Crippen molar-refractivity contribution in [3.63, 3.8) is 0 Å². The lowest BCUT2D eigenvalue weighted by atomic mass is 9.99. The van der Waals surface area contributed by atoms with Crippen LogP contribution in [-0.4, -0.2) is 87.5 Å². The minimum Gasteiger partial charge on any atom is -0.394 e. The van der Waals surface area contributed by atoms with E-state index in [4.69, 9.17) is 9.47 Å². The van der Waals surface area contributed by atoms with Gasteiger partial charge in [-0.15, -0.1) is 0 Å². The highest BCUT2D eigenvalue weighted by Crippen LogP contribution is 2.24. The zero-order valence-corrected chi connectivity index (χ0v) is 55.9. The molecule has 1 amide bonds. The van der Waals surface area contributed by atoms with Crippen LogP contribution < -0.4 is 5.32 Å². The first-order valence-corrected chi connectivity index (χ1v) is 37.6. The average Bonchev–Trinajstić information content (AvgIpc) is 3.70. The van der Waals surface area contributed by atoms with Crippen molar-refractivity contribution < 1.29 is 39.8 Å². The predicted molar refractivity (Wildman–Crippen MR) is 360 cm³/mol. The average molecular weight is 1190 g/mol. The minimum atomic E-state index is -1.57. The molecule has 1 aliphatic heterocycles. The van der Waals surface area contributed by atoms with Gasteiger partial charge in [0, 0.05) is 6.42 Å². The highest BCUT2D eigenvalue weighted by Gasteiger charge is 2.44. The summed E-state index contributed by atoms with van der Waals surface area (Å²) >= 11 is 0. The van der Waals surface area contributed by atoms with Crippen LogP contribution in [0.3, 0.4) is 0 Å². The molecule has 0 radical (unpaired) electrons. The van der Waals surface area contributed by atoms with Gasteiger partial charge in [0.15, 0.2) is 6.29 Å². The molecule has 0 aromatic heterocycles. The Balaban J connectivity index is 2.09. The molecule has 498 valence electrons. The monoisotopic (exact) mass is 1190 g/mol. The Labute approximate surface area is 521 Å². The Bertz CT molecular complexity index is 1380. The molecule has 0 aliphatic carbocycles. The van der Waals surface area contributed by atoms with Gasteiger partial charge in [0.25, 0.3) is 0 Å². The second kappa shape index (κ2) is 64.6. The van der Waals surface area contributed by atoms with Gasteiger partial charge in [-0.2, -0.15) is 0 Å². The van der Waals surface area contributed by atoms with Crippen LogP contribution in [0.1, 0.15) is 393 Å². The maximum atomic E-state index is 13.1. The maximum absolute atomic E-state index is 13.1. The molecule has 9 nitrogen and oxygen atoms in total. The van der Waals surface area contributed by atoms with Crippen molar-refractivity contribution in [3.8, 4) is 0 Å². The van der Waals surface area contributed by atoms with Gasteiger partial charge in [-0.3, -0.25) is 4.79 Å². The van der Waals surface area contributed by atoms with Gasteiger partial charge in [0.05, 0.1) is 25.4 Å². The van der Waals surface area contributed by atoms with Gasteiger partial charge in [-0.1, -0.05) is 366 Å². The Kier molecular flexibility index (Phi) is 62.1. The van der Waals surface area contributed by atoms with Crippen LogP contribution in [0.5, 0.6) is 0 Å². The molecule has 0 bridgehead atoms. The van der Waals surface area contributed by atoms with Crippen LogP contribution in [-0.2, 0) is 14.3 Å². The van der Waals surface area contributed by atoms with Gasteiger partial charge in [-0.05, 0) is 44.9 Å². The van der Waals surface area contributed by atoms with Crippen molar-refractivity contribution in [2.75, 3.05) is 13.2 Å². The number of rotatable bonds is 67. The summed E-state index contributed by atoms with van der Waals surface area (Å²) in [7, 11) is 0. The SMILES string of the molecule is CCCCCCCCCC/C=C\CCCCCCCCCCCCCCCCCCCCCC(=O)NC(COC1OC(CO)C(O)C(O)C1O)C(O)/C=C/CCCCCCCCCCCCCCCCCCCCCCCCCCCCCC. The molecule has 1 saturated heterocycles. The molecule has 0 saturated carbocycles. The molecule has 0 aromatic carbocycles. The Morgan fingerprint density at radius 3 is 0.964 bits per heavy atom. The number of nitrogens with one attached hydrogen (secondary N) is 1. The van der Waals surface area contributed by atoms with E-state index in [9.17, 15) is 30.3 Å². The summed E-state index contributed by atoms with van der Waals surface area (Å²) in [5, 5.41) is 54.9. The number of hydrogen-bond acceptors (Lipinski definition) is 8. The van der Waals surface area contributed by atoms with Crippen LogP contribution in [0.4, 0.5) is 0 Å². The molecule has 7 unspecified atom stereocenters. The lowest BCUT2D eigenvalue weighted by molar-refractivity contribution is -0.302. The first-order valence-electron chi connectivity index (χ1n) is 37.6. The molecule has 0 aromatic rings. The fourth-order valence-corrected chi connectivity index (χ4v) is 12.4. The number of aliphatic hydroxyl groups excluding tert-OH is 5. The fraction of sp³-hybridized carbons (Fsp3) is 0.933. The quantitative estimate of drug-likeness (QED) is 0.0261. The van der Waals surface area contributed by atoms with Crippen molar-refractivity contribution in [3.05, 3.63) is 24.3 Å². The number of amides is 1. The number of aliphatic hydroxyl groups is 5. The second-order valence-corrected chi connectivity index (χ2v) is 26.4. The van der Waals surface area contributed by atoms with E-state index >= 15 is 0 Å². The predicted octanol–water partition coefficient (Wildman–Crippen LogP) is 20.8. The summed E-state index contributed by atoms with van der Waals surface area (Å²) in [4.78, 5) is 13.1. The lowest BCUT2D eigenvalue weighted by Gasteiger charge is -2.40. The molecule has 1 fully saturated rings. The fourth-order valence-electron chi connectivity index (χ4n) is 12.4. The zero-order valence-electron chi connectivity index (χ0n) is 55.9. The summed E-state index contributed by atoms with van der Waals surface area (Å²) < 4.78 is 11.3. The van der Waals surface area contributed by atoms with E-state index in [1.165, 1.54) is 334 Å². The maximum Gasteiger partial charge on any atom is 0.220 e. The normalized spacial score (nSPS) is 18.2. The largest absolute Gasteiger partial charge is 0.394 e. The van der Waals surface area contributed by atoms with Crippen LogP contribution in [0.25, 0.3) is 0 Å². The first kappa shape index (κ1) is 80.7. The van der Waals surface area contributed by atoms with Crippen molar-refractivity contribution in [1.82, 2.24) is 5.32 Å². The summed E-state index contributed by atoms with van der Waals surface area (Å²) in [6.07, 6.45) is 78.8. The summed E-state index contributed by atoms with van der Waals surface area (Å²) in [5.74, 6) is -0.168. The van der Waals surface area contributed by atoms with Crippen LogP contribution in [0.15, 0.2) is 24.3 Å². The second-order valence-electron chi connectivity index (χ2n) is 26.4. The lowest BCUT2D eigenvalue weighted by Crippen LogP contribution is -2.60. The van der Waals surface area contributed by atoms with E-state index in [2.05, 4.69) is 31.3 Å². The number of unbranched alkanes of at least 4 members (excludes halogenated alkanes) is 55. The number of allylic oxidation sites excluding steroid dienone is 3. The number of ether oxygens (including phenoxy) is 2. The molecular formula is C75H145NO8. The van der Waals surface area contributed by atoms with Crippen molar-refractivity contribution in [1.29, 1.82) is 0 Å². The van der Waals surface area contributed by atoms with Crippen LogP contribution in [0, 0.1) is 0 Å². The first-order chi connectivity index (χ1) is 41.3. The van der Waals surface area contributed by atoms with Gasteiger partial charge < -0.3 is 40.3 Å². The van der Waals surface area contributed by atoms with Crippen molar-refractivity contribution in [2.24, 2.45) is 0 Å². The molecule has 84 heavy (non-hydrogen) atoms. The van der Waals surface area contributed by atoms with E-state index in [1.54, 1.807) is 6.08 Å². The third-order valence-corrected chi connectivity index (χ3v) is 18.3. The van der Waals surface area contributed by atoms with E-state index in [1.807, 2.05) is 6.08 Å². The summed E-state index contributed by atoms with van der Waals surface area (Å²) in [6, 6.07) is -0.804. The molecular weight excluding hydrogens is 1040 g/mol. The van der Waals surface area contributed by atoms with E-state index in [0.717, 1.165) is 38.5 Å². The molecule has 6 N–H and O–H groups in total. The molecule has 1 aliphatic rings. The number of carbonyl (C=O) groups is 1. The van der Waals surface area contributed by atoms with Gasteiger partial charge >= 0.3 is 0 Å². The third-order valence-electron chi connectivity index (χ3n) is 18.3. The van der Waals surface area contributed by atoms with E-state index in [0.29, 0.717) is 6.42 Å². The Morgan fingerprint density at radius 2 is 0.667 bits per heavy atom. The summed E-state index contributed by atoms with van der Waals surface area (Å²) in [5.41, 5.74) is 0. The standard InChI is InChI=1S/C75H145NO8/c1-3-5-7-9-11-13-15-17-19-21-23-25-27-29-31-33-35-37-39-41-43-45-47-49-51-53-55-57-59-61-63-65-71(79)76-68(67-83-75-74(82)73(81)72(80)70(66-77)84-75)69(78)64-62-60-58-56-54-52-50-48-46-44-42-40-38-36-34-32-30-28-26-24-22-20-18-16-14-12-10-8-6-4-2/h21,23,62,64,68-70,72-75,77-78,80-82H,3-20,22,24-61,63,65-67H2,1-2H3,(H,76,79)/b23-21-,64-62+. The smallest absolute Gasteiger partial charge is 0.220 e. The van der Waals surface area contributed by atoms with E-state index < -0.39 is 49.5 Å². The van der Waals surface area contributed by atoms with Crippen molar-refractivity contribution >= 4 is 5.91 Å². The molecule has 0 spiro atoms. The Hall–Kier alpha value is -1.33. The third kappa shape index (κ3) is 52.6. The number of hydrogen-bond donors (Lipinski definition) is 6. The van der Waals surface area contributed by atoms with Crippen LogP contribution in [0.2, 0.25) is 0 Å². The molecule has 9 heteroatoms. The van der Waals surface area contributed by atoms with Crippen LogP contribution >= 0.6 is 0 Å². The Morgan fingerprint density at radius 1 is 0.393 bits per heavy atom. The minimum absolute atomic E-state index is 0.168. The number of carbonyl (C=O) groups excluding carboxylic acids is 1. The highest BCUT2D eigenvalue weighted by molar-refractivity contribution is 5.76. The van der Waals surface area contributed by atoms with E-state index in [-0.39, 0.29) is 12.5 Å². The highest BCUT2D eigenvalue weighted by atomic mass is 16.7. The molecule has 1 heterocycles. The van der Waals surface area contributed by atoms with Gasteiger partial charge in [0.1, 0.15) is 24.4 Å². The molecule has 7 atom stereocenters.